The molecule has 0 aromatic carbocycles. The molecule has 0 amide bonds. The van der Waals surface area contributed by atoms with E-state index in [-0.39, 0.29) is 33.5 Å². The van der Waals surface area contributed by atoms with Crippen LogP contribution in [-0.4, -0.2) is 0 Å². The molecular weight excluding hydrogens is 352 g/mol. The van der Waals surface area contributed by atoms with E-state index < -0.39 is 0 Å². The summed E-state index contributed by atoms with van der Waals surface area (Å²) in [7, 11) is 0. The molecule has 1 nitrogen and oxygen atoms in total. The first-order valence-electron chi connectivity index (χ1n) is 2.43. The minimum absolute atomic E-state index is 0. The molecule has 60 valence electrons. The molecule has 1 heterocycles. The predicted octanol–water partition coefficient (Wildman–Crippen LogP) is -1.54. The van der Waals surface area contributed by atoms with Crippen molar-refractivity contribution in [2.75, 3.05) is 0 Å². The number of rotatable bonds is 0. The van der Waals surface area contributed by atoms with Gasteiger partial charge in [-0.1, -0.05) is 11.6 Å². The number of hydrogen-bond donors (Lipinski definition) is 0. The smallest absolute Gasteiger partial charge is 0.195 e. The van der Waals surface area contributed by atoms with Gasteiger partial charge in [-0.3, -0.25) is 0 Å². The van der Waals surface area contributed by atoms with Crippen LogP contribution in [-0.2, 0) is 21.1 Å². The maximum absolute atomic E-state index is 5.68. The Morgan fingerprint density at radius 3 is 2.40 bits per heavy atom. The zero-order chi connectivity index (χ0) is 5.98. The Balaban J connectivity index is 0. The number of pyridine rings is 1. The van der Waals surface area contributed by atoms with E-state index in [1.807, 2.05) is 25.3 Å². The molecule has 0 spiro atoms. The summed E-state index contributed by atoms with van der Waals surface area (Å²) >= 11 is 5.68. The summed E-state index contributed by atoms with van der Waals surface area (Å²) in [5, 5.41) is 0.785. The molecule has 0 radical (unpaired) electrons. The van der Waals surface area contributed by atoms with Gasteiger partial charge in [-0.2, -0.15) is 0 Å². The van der Waals surface area contributed by atoms with Crippen LogP contribution in [0.1, 0.15) is 5.69 Å². The van der Waals surface area contributed by atoms with Crippen molar-refractivity contribution in [3.63, 3.8) is 0 Å². The third kappa shape index (κ3) is 3.55. The molecule has 0 bridgehead atoms. The fraction of sp³-hybridized carbons (Fsp3) is 0.167. The fourth-order valence-electron chi connectivity index (χ4n) is 0.500. The molecule has 1 rings (SSSR count). The first-order valence-corrected chi connectivity index (χ1v) is 2.81. The van der Waals surface area contributed by atoms with Gasteiger partial charge in [0.05, 0.1) is 0 Å². The van der Waals surface area contributed by atoms with Gasteiger partial charge in [0.2, 0.25) is 0 Å². The Morgan fingerprint density at radius 2 is 2.10 bits per heavy atom. The minimum atomic E-state index is 0. The van der Waals surface area contributed by atoms with Crippen LogP contribution in [0.15, 0.2) is 18.3 Å². The van der Waals surface area contributed by atoms with E-state index in [0.717, 1.165) is 10.7 Å². The van der Waals surface area contributed by atoms with Gasteiger partial charge in [0.15, 0.2) is 11.9 Å². The van der Waals surface area contributed by atoms with Crippen LogP contribution >= 0.6 is 11.6 Å². The standard InChI is InChI=1S/C6H6ClN.ClH.Pt/c1-5-6(7)3-2-4-8-5;;/h2-4H,1H3;1H;. The van der Waals surface area contributed by atoms with Gasteiger partial charge in [-0.25, -0.2) is 4.98 Å². The Kier molecular flexibility index (Phi) is 8.02. The summed E-state index contributed by atoms with van der Waals surface area (Å²) in [4.78, 5) is 2.97. The Bertz CT molecular complexity index is 172. The molecule has 0 aliphatic carbocycles. The number of nitrogens with one attached hydrogen (secondary N) is 1. The number of aromatic nitrogens is 1. The maximum atomic E-state index is 5.68. The molecule has 0 aliphatic rings. The monoisotopic (exact) mass is 358 g/mol. The van der Waals surface area contributed by atoms with Crippen LogP contribution in [0.3, 0.4) is 0 Å². The van der Waals surface area contributed by atoms with Crippen molar-refractivity contribution >= 4 is 11.6 Å². The van der Waals surface area contributed by atoms with Crippen molar-refractivity contribution in [3.8, 4) is 0 Å². The third-order valence-electron chi connectivity index (χ3n) is 0.997. The summed E-state index contributed by atoms with van der Waals surface area (Å²) in [6.07, 6.45) is 1.85. The summed E-state index contributed by atoms with van der Waals surface area (Å²) in [6, 6.07) is 3.72. The van der Waals surface area contributed by atoms with E-state index in [2.05, 4.69) is 4.98 Å². The van der Waals surface area contributed by atoms with Crippen molar-refractivity contribution in [1.82, 2.24) is 0 Å². The first-order chi connectivity index (χ1) is 3.80. The molecule has 0 fully saturated rings. The largest absolute Gasteiger partial charge is 1.00 e. The molecule has 0 aliphatic heterocycles. The van der Waals surface area contributed by atoms with Crippen molar-refractivity contribution in [2.45, 2.75) is 6.92 Å². The van der Waals surface area contributed by atoms with Crippen molar-refractivity contribution in [2.24, 2.45) is 0 Å². The molecular formula is C6H7Cl2NPt. The van der Waals surface area contributed by atoms with Crippen LogP contribution in [0.4, 0.5) is 0 Å². The molecule has 1 aromatic rings. The van der Waals surface area contributed by atoms with Gasteiger partial charge < -0.3 is 12.4 Å². The van der Waals surface area contributed by atoms with E-state index in [1.54, 1.807) is 0 Å². The predicted molar refractivity (Wildman–Crippen MR) is 32.7 cm³/mol. The van der Waals surface area contributed by atoms with Gasteiger partial charge in [-0.05, 0) is 6.07 Å². The molecule has 0 unspecified atom stereocenters. The topological polar surface area (TPSA) is 14.1 Å². The van der Waals surface area contributed by atoms with E-state index in [1.165, 1.54) is 0 Å². The second-order valence-corrected chi connectivity index (χ2v) is 2.05. The molecule has 10 heavy (non-hydrogen) atoms. The van der Waals surface area contributed by atoms with E-state index in [0.29, 0.717) is 0 Å². The van der Waals surface area contributed by atoms with Crippen LogP contribution < -0.4 is 17.4 Å². The van der Waals surface area contributed by atoms with E-state index in [4.69, 9.17) is 11.6 Å². The van der Waals surface area contributed by atoms with Crippen molar-refractivity contribution in [3.05, 3.63) is 29.0 Å². The number of hydrogen-bond acceptors (Lipinski definition) is 0. The summed E-state index contributed by atoms with van der Waals surface area (Å²) in [6.45, 7) is 1.93. The number of aryl methyl sites for hydroxylation is 1. The van der Waals surface area contributed by atoms with Crippen molar-refractivity contribution in [1.29, 1.82) is 0 Å². The Hall–Kier alpha value is 0.418. The quantitative estimate of drug-likeness (QED) is 0.534. The Labute approximate surface area is 85.9 Å². The van der Waals surface area contributed by atoms with Gasteiger partial charge >= 0.3 is 0 Å². The molecule has 1 aromatic heterocycles. The number of halogens is 2. The number of H-pyrrole nitrogens is 1. The average molecular weight is 359 g/mol. The SMILES string of the molecule is Cc1[nH+]cccc1Cl.[Cl-].[Pt]. The maximum Gasteiger partial charge on any atom is 0.195 e. The molecule has 4 heteroatoms. The zero-order valence-electron chi connectivity index (χ0n) is 5.30. The van der Waals surface area contributed by atoms with Gasteiger partial charge in [0, 0.05) is 34.1 Å². The van der Waals surface area contributed by atoms with E-state index in [9.17, 15) is 0 Å². The van der Waals surface area contributed by atoms with Crippen LogP contribution in [0.5, 0.6) is 0 Å². The second-order valence-electron chi connectivity index (χ2n) is 1.64. The van der Waals surface area contributed by atoms with Gasteiger partial charge in [-0.15, -0.1) is 0 Å². The number of aromatic amines is 1. The molecule has 1 N–H and O–H groups in total. The van der Waals surface area contributed by atoms with Crippen LogP contribution in [0.2, 0.25) is 5.02 Å². The second kappa shape index (κ2) is 6.15. The summed E-state index contributed by atoms with van der Waals surface area (Å²) in [5.41, 5.74) is 1.01. The Morgan fingerprint density at radius 1 is 1.50 bits per heavy atom. The average Bonchev–Trinajstić information content (AvgIpc) is 1.77. The van der Waals surface area contributed by atoms with Crippen molar-refractivity contribution < 1.29 is 38.5 Å². The molecule has 0 saturated carbocycles. The molecule has 0 saturated heterocycles. The fourth-order valence-corrected chi connectivity index (χ4v) is 0.627. The van der Waals surface area contributed by atoms with Crippen LogP contribution in [0.25, 0.3) is 0 Å². The zero-order valence-corrected chi connectivity index (χ0v) is 9.09. The summed E-state index contributed by atoms with van der Waals surface area (Å²) < 4.78 is 0. The van der Waals surface area contributed by atoms with Gasteiger partial charge in [0.25, 0.3) is 0 Å². The first kappa shape index (κ1) is 13.0. The van der Waals surface area contributed by atoms with E-state index >= 15 is 0 Å². The van der Waals surface area contributed by atoms with Gasteiger partial charge in [0.1, 0.15) is 5.02 Å². The summed E-state index contributed by atoms with van der Waals surface area (Å²) in [5.74, 6) is 0. The minimum Gasteiger partial charge on any atom is -1.00 e. The third-order valence-corrected chi connectivity index (χ3v) is 1.41. The van der Waals surface area contributed by atoms with Crippen LogP contribution in [0, 0.1) is 6.92 Å². The normalized spacial score (nSPS) is 7.40. The molecule has 0 atom stereocenters.